The lowest BCUT2D eigenvalue weighted by atomic mass is 9.39. The van der Waals surface area contributed by atoms with Crippen molar-refractivity contribution >= 4 is 5.82 Å². The van der Waals surface area contributed by atoms with E-state index in [-0.39, 0.29) is 10.8 Å². The monoisotopic (exact) mass is 407 g/mol. The molecule has 0 unspecified atom stereocenters. The maximum Gasteiger partial charge on any atom is 0.128 e. The van der Waals surface area contributed by atoms with E-state index in [4.69, 9.17) is 0 Å². The van der Waals surface area contributed by atoms with Crippen LogP contribution in [-0.2, 0) is 5.60 Å². The second kappa shape index (κ2) is 7.35. The van der Waals surface area contributed by atoms with Crippen LogP contribution in [0.5, 0.6) is 0 Å². The zero-order valence-corrected chi connectivity index (χ0v) is 19.4. The third-order valence-corrected chi connectivity index (χ3v) is 7.88. The van der Waals surface area contributed by atoms with Crippen molar-refractivity contribution in [2.24, 2.45) is 10.8 Å². The van der Waals surface area contributed by atoms with Crippen molar-refractivity contribution in [2.75, 3.05) is 31.1 Å². The summed E-state index contributed by atoms with van der Waals surface area (Å²) in [6, 6.07) is 15.1. The lowest BCUT2D eigenvalue weighted by Crippen LogP contribution is -2.79. The van der Waals surface area contributed by atoms with Gasteiger partial charge in [0.15, 0.2) is 0 Å². The molecule has 1 N–H and O–H groups in total. The molecular formula is C26H37N3O. The molecule has 0 atom stereocenters. The Morgan fingerprint density at radius 3 is 2.00 bits per heavy atom. The van der Waals surface area contributed by atoms with Crippen LogP contribution in [0.1, 0.15) is 58.6 Å². The van der Waals surface area contributed by atoms with E-state index in [1.54, 1.807) is 0 Å². The summed E-state index contributed by atoms with van der Waals surface area (Å²) in [4.78, 5) is 9.47. The fraction of sp³-hybridized carbons (Fsp3) is 0.577. The summed E-state index contributed by atoms with van der Waals surface area (Å²) < 4.78 is 0. The third-order valence-electron chi connectivity index (χ3n) is 7.88. The predicted octanol–water partition coefficient (Wildman–Crippen LogP) is 4.65. The maximum atomic E-state index is 12.1. The highest BCUT2D eigenvalue weighted by Gasteiger charge is 2.73. The number of aliphatic hydroxyl groups is 1. The van der Waals surface area contributed by atoms with Gasteiger partial charge in [0, 0.05) is 49.2 Å². The van der Waals surface area contributed by atoms with Gasteiger partial charge in [-0.25, -0.2) is 4.98 Å². The van der Waals surface area contributed by atoms with E-state index in [0.717, 1.165) is 37.6 Å². The highest BCUT2D eigenvalue weighted by atomic mass is 16.3. The van der Waals surface area contributed by atoms with Gasteiger partial charge >= 0.3 is 0 Å². The molecule has 0 radical (unpaired) electrons. The summed E-state index contributed by atoms with van der Waals surface area (Å²) in [6.07, 6.45) is 1.87. The number of pyridine rings is 1. The van der Waals surface area contributed by atoms with Crippen LogP contribution in [0.25, 0.3) is 0 Å². The van der Waals surface area contributed by atoms with Crippen LogP contribution >= 0.6 is 0 Å². The predicted molar refractivity (Wildman–Crippen MR) is 124 cm³/mol. The number of piperazine rings is 1. The second-order valence-electron chi connectivity index (χ2n) is 10.5. The third kappa shape index (κ3) is 2.99. The lowest BCUT2D eigenvalue weighted by Gasteiger charge is -2.72. The Kier molecular flexibility index (Phi) is 5.22. The topological polar surface area (TPSA) is 39.6 Å². The first kappa shape index (κ1) is 21.3. The molecule has 162 valence electrons. The summed E-state index contributed by atoms with van der Waals surface area (Å²) in [5, 5.41) is 12.1. The van der Waals surface area contributed by atoms with Gasteiger partial charge in [-0.15, -0.1) is 0 Å². The van der Waals surface area contributed by atoms with Crippen LogP contribution in [0.4, 0.5) is 5.82 Å². The number of nitrogens with zero attached hydrogens (tertiary/aromatic N) is 3. The molecule has 2 aromatic rings. The van der Waals surface area contributed by atoms with E-state index < -0.39 is 5.60 Å². The molecule has 2 heterocycles. The van der Waals surface area contributed by atoms with Gasteiger partial charge in [0.25, 0.3) is 0 Å². The standard InChI is InChI=1S/C26H37N3O/c1-19(2)20-10-12-21(13-11-20)26(30)24(3,4)23(25(26,5)6)29-17-15-28(16-18-29)22-9-7-8-14-27-22/h7-14,19,23,30H,15-18H2,1-6H3/t23-,26+. The van der Waals surface area contributed by atoms with Gasteiger partial charge in [-0.05, 0) is 29.2 Å². The minimum Gasteiger partial charge on any atom is -0.384 e. The molecule has 1 saturated carbocycles. The lowest BCUT2D eigenvalue weighted by molar-refractivity contribution is -0.307. The average Bonchev–Trinajstić information content (AvgIpc) is 2.73. The van der Waals surface area contributed by atoms with Crippen LogP contribution < -0.4 is 4.90 Å². The van der Waals surface area contributed by atoms with E-state index in [0.29, 0.717) is 12.0 Å². The Morgan fingerprint density at radius 2 is 1.50 bits per heavy atom. The van der Waals surface area contributed by atoms with Crippen molar-refractivity contribution < 1.29 is 5.11 Å². The van der Waals surface area contributed by atoms with Crippen LogP contribution in [0.2, 0.25) is 0 Å². The highest BCUT2D eigenvalue weighted by molar-refractivity contribution is 5.41. The first-order chi connectivity index (χ1) is 14.1. The summed E-state index contributed by atoms with van der Waals surface area (Å²) in [5.74, 6) is 1.56. The molecule has 2 aliphatic rings. The second-order valence-corrected chi connectivity index (χ2v) is 10.5. The summed E-state index contributed by atoms with van der Waals surface area (Å²) >= 11 is 0. The van der Waals surface area contributed by atoms with Gasteiger partial charge in [-0.2, -0.15) is 0 Å². The van der Waals surface area contributed by atoms with Gasteiger partial charge in [-0.1, -0.05) is 71.9 Å². The molecule has 1 aromatic heterocycles. The van der Waals surface area contributed by atoms with Crippen LogP contribution in [0, 0.1) is 10.8 Å². The van der Waals surface area contributed by atoms with Crippen molar-refractivity contribution in [1.29, 1.82) is 0 Å². The number of rotatable bonds is 4. The largest absolute Gasteiger partial charge is 0.384 e. The SMILES string of the molecule is CC(C)c1ccc([C@]2(O)C(C)(C)[C@@H](N3CCN(c4ccccn4)CC3)C2(C)C)cc1. The van der Waals surface area contributed by atoms with Crippen LogP contribution in [0.15, 0.2) is 48.7 Å². The number of benzene rings is 1. The van der Waals surface area contributed by atoms with Gasteiger partial charge in [0.1, 0.15) is 11.4 Å². The normalized spacial score (nSPS) is 28.4. The molecule has 30 heavy (non-hydrogen) atoms. The molecule has 1 aliphatic heterocycles. The van der Waals surface area contributed by atoms with Crippen molar-refractivity contribution in [1.82, 2.24) is 9.88 Å². The zero-order valence-electron chi connectivity index (χ0n) is 19.4. The molecular weight excluding hydrogens is 370 g/mol. The summed E-state index contributed by atoms with van der Waals surface area (Å²) in [5.41, 5.74) is 1.05. The minimum atomic E-state index is -0.849. The van der Waals surface area contributed by atoms with Gasteiger partial charge in [0.05, 0.1) is 0 Å². The molecule has 4 heteroatoms. The van der Waals surface area contributed by atoms with Gasteiger partial charge in [-0.3, -0.25) is 4.90 Å². The Morgan fingerprint density at radius 1 is 0.900 bits per heavy atom. The molecule has 1 aliphatic carbocycles. The Labute approximate surface area is 181 Å². The van der Waals surface area contributed by atoms with Gasteiger partial charge < -0.3 is 10.0 Å². The van der Waals surface area contributed by atoms with Crippen LogP contribution in [-0.4, -0.2) is 47.2 Å². The highest BCUT2D eigenvalue weighted by Crippen LogP contribution is 2.68. The number of hydrogen-bond donors (Lipinski definition) is 1. The fourth-order valence-electron chi connectivity index (χ4n) is 6.57. The minimum absolute atomic E-state index is 0.233. The molecule has 4 rings (SSSR count). The smallest absolute Gasteiger partial charge is 0.128 e. The van der Waals surface area contributed by atoms with Crippen molar-refractivity contribution in [2.45, 2.75) is 59.1 Å². The van der Waals surface area contributed by atoms with E-state index in [2.05, 4.69) is 92.7 Å². The molecule has 0 spiro atoms. The molecule has 1 saturated heterocycles. The first-order valence-corrected chi connectivity index (χ1v) is 11.3. The van der Waals surface area contributed by atoms with Crippen molar-refractivity contribution in [3.05, 3.63) is 59.8 Å². The number of anilines is 1. The Bertz CT molecular complexity index is 849. The zero-order chi connectivity index (χ0) is 21.7. The quantitative estimate of drug-likeness (QED) is 0.801. The maximum absolute atomic E-state index is 12.1. The summed E-state index contributed by atoms with van der Waals surface area (Å²) in [6.45, 7) is 17.3. The number of hydrogen-bond acceptors (Lipinski definition) is 4. The Balaban J connectivity index is 1.54. The Hall–Kier alpha value is -1.91. The van der Waals surface area contributed by atoms with Gasteiger partial charge in [0.2, 0.25) is 0 Å². The molecule has 0 bridgehead atoms. The fourth-order valence-corrected chi connectivity index (χ4v) is 6.57. The molecule has 0 amide bonds. The number of aromatic nitrogens is 1. The van der Waals surface area contributed by atoms with Crippen molar-refractivity contribution in [3.8, 4) is 0 Å². The first-order valence-electron chi connectivity index (χ1n) is 11.3. The van der Waals surface area contributed by atoms with E-state index in [1.807, 2.05) is 12.3 Å². The summed E-state index contributed by atoms with van der Waals surface area (Å²) in [7, 11) is 0. The van der Waals surface area contributed by atoms with E-state index in [9.17, 15) is 5.11 Å². The average molecular weight is 408 g/mol. The van der Waals surface area contributed by atoms with E-state index >= 15 is 0 Å². The van der Waals surface area contributed by atoms with Crippen molar-refractivity contribution in [3.63, 3.8) is 0 Å². The van der Waals surface area contributed by atoms with Crippen LogP contribution in [0.3, 0.4) is 0 Å². The molecule has 4 nitrogen and oxygen atoms in total. The van der Waals surface area contributed by atoms with E-state index in [1.165, 1.54) is 5.56 Å². The molecule has 2 fully saturated rings. The molecule has 1 aromatic carbocycles.